The van der Waals surface area contributed by atoms with Gasteiger partial charge in [-0.25, -0.2) is 4.79 Å². The highest BCUT2D eigenvalue weighted by Crippen LogP contribution is 2.35. The largest absolute Gasteiger partial charge is 0.489 e. The maximum atomic E-state index is 13.9. The van der Waals surface area contributed by atoms with Gasteiger partial charge in [0.2, 0.25) is 0 Å². The van der Waals surface area contributed by atoms with E-state index in [1.165, 1.54) is 4.90 Å². The van der Waals surface area contributed by atoms with Gasteiger partial charge in [0.25, 0.3) is 5.91 Å². The molecule has 36 heavy (non-hydrogen) atoms. The number of carbonyl (C=O) groups excluding carboxylic acids is 1. The van der Waals surface area contributed by atoms with Crippen LogP contribution in [0.1, 0.15) is 54.0 Å². The molecule has 6 heteroatoms. The Labute approximate surface area is 211 Å². The summed E-state index contributed by atoms with van der Waals surface area (Å²) < 4.78 is 12.4. The van der Waals surface area contributed by atoms with Crippen molar-refractivity contribution in [1.82, 2.24) is 4.90 Å². The van der Waals surface area contributed by atoms with Gasteiger partial charge in [-0.3, -0.25) is 4.79 Å². The van der Waals surface area contributed by atoms with E-state index in [-0.39, 0.29) is 25.0 Å². The molecule has 1 saturated carbocycles. The Kier molecular flexibility index (Phi) is 7.33. The van der Waals surface area contributed by atoms with E-state index < -0.39 is 18.1 Å². The Balaban J connectivity index is 1.41. The molecule has 0 spiro atoms. The number of benzene rings is 3. The summed E-state index contributed by atoms with van der Waals surface area (Å²) in [6, 6.07) is 24.0. The predicted octanol–water partition coefficient (Wildman–Crippen LogP) is 5.30. The fourth-order valence-electron chi connectivity index (χ4n) is 5.19. The number of nitrogens with zero attached hydrogens (tertiary/aromatic N) is 1. The van der Waals surface area contributed by atoms with Crippen LogP contribution >= 0.6 is 0 Å². The Morgan fingerprint density at radius 1 is 0.917 bits per heavy atom. The van der Waals surface area contributed by atoms with E-state index in [0.29, 0.717) is 12.4 Å². The molecule has 1 aliphatic carbocycles. The third kappa shape index (κ3) is 5.29. The molecule has 0 saturated heterocycles. The lowest BCUT2D eigenvalue weighted by molar-refractivity contribution is -0.160. The van der Waals surface area contributed by atoms with E-state index in [1.807, 2.05) is 78.9 Å². The van der Waals surface area contributed by atoms with Gasteiger partial charge in [0.15, 0.2) is 6.10 Å². The molecule has 6 nitrogen and oxygen atoms in total. The lowest BCUT2D eigenvalue weighted by Gasteiger charge is -2.37. The van der Waals surface area contributed by atoms with E-state index in [2.05, 4.69) is 0 Å². The summed E-state index contributed by atoms with van der Waals surface area (Å²) in [6.07, 6.45) is 3.38. The minimum absolute atomic E-state index is 0.0116. The van der Waals surface area contributed by atoms with Crippen LogP contribution in [0.3, 0.4) is 0 Å². The molecule has 5 rings (SSSR count). The van der Waals surface area contributed by atoms with Crippen molar-refractivity contribution in [3.05, 3.63) is 101 Å². The smallest absolute Gasteiger partial charge is 0.326 e. The molecular formula is C30H31NO5. The lowest BCUT2D eigenvalue weighted by atomic mass is 9.92. The lowest BCUT2D eigenvalue weighted by Crippen LogP contribution is -2.50. The van der Waals surface area contributed by atoms with E-state index in [1.54, 1.807) is 0 Å². The molecule has 1 heterocycles. The molecule has 186 valence electrons. The first-order valence-corrected chi connectivity index (χ1v) is 12.6. The number of rotatable bonds is 8. The number of carbonyl (C=O) groups is 2. The summed E-state index contributed by atoms with van der Waals surface area (Å²) in [4.78, 5) is 27.8. The molecular weight excluding hydrogens is 454 g/mol. The standard InChI is InChI=1S/C30H31NO5/c32-29(28(22-12-5-2-6-13-22)36-24-15-7-8-16-24)31-19-23-14-9-17-27(25(23)18-26(31)30(33)34)35-20-21-10-3-1-4-11-21/h1-6,9-14,17,24,26,28H,7-8,15-16,18-20H2,(H,33,34). The van der Waals surface area contributed by atoms with Gasteiger partial charge in [0.05, 0.1) is 6.10 Å². The fraction of sp³-hybridized carbons (Fsp3) is 0.333. The number of carboxylic acids is 1. The first-order chi connectivity index (χ1) is 17.6. The van der Waals surface area contributed by atoms with Crippen molar-refractivity contribution in [2.24, 2.45) is 0 Å². The second-order valence-electron chi connectivity index (χ2n) is 9.53. The van der Waals surface area contributed by atoms with Crippen LogP contribution in [0.4, 0.5) is 0 Å². The van der Waals surface area contributed by atoms with Crippen LogP contribution in [-0.4, -0.2) is 34.0 Å². The van der Waals surface area contributed by atoms with Crippen LogP contribution in [0.25, 0.3) is 0 Å². The molecule has 1 aliphatic heterocycles. The van der Waals surface area contributed by atoms with Crippen LogP contribution in [-0.2, 0) is 33.9 Å². The quantitative estimate of drug-likeness (QED) is 0.468. The van der Waals surface area contributed by atoms with Gasteiger partial charge in [-0.1, -0.05) is 85.6 Å². The van der Waals surface area contributed by atoms with E-state index in [0.717, 1.165) is 47.9 Å². The van der Waals surface area contributed by atoms with E-state index >= 15 is 0 Å². The van der Waals surface area contributed by atoms with Gasteiger partial charge in [0.1, 0.15) is 18.4 Å². The number of amides is 1. The van der Waals surface area contributed by atoms with Gasteiger partial charge in [-0.05, 0) is 35.6 Å². The summed E-state index contributed by atoms with van der Waals surface area (Å²) in [5.74, 6) is -0.669. The first kappa shape index (κ1) is 24.1. The molecule has 0 radical (unpaired) electrons. The minimum atomic E-state index is -1.03. The van der Waals surface area contributed by atoms with Crippen LogP contribution in [0, 0.1) is 0 Å². The van der Waals surface area contributed by atoms with Crippen molar-refractivity contribution in [3.63, 3.8) is 0 Å². The SMILES string of the molecule is O=C(O)C1Cc2c(cccc2OCc2ccccc2)CN1C(=O)C(OC1CCCC1)c1ccccc1. The topological polar surface area (TPSA) is 76.1 Å². The number of hydrogen-bond acceptors (Lipinski definition) is 4. The van der Waals surface area contributed by atoms with Crippen LogP contribution in [0.2, 0.25) is 0 Å². The van der Waals surface area contributed by atoms with Gasteiger partial charge in [-0.15, -0.1) is 0 Å². The highest BCUT2D eigenvalue weighted by Gasteiger charge is 2.40. The Morgan fingerprint density at radius 2 is 1.61 bits per heavy atom. The molecule has 1 N–H and O–H groups in total. The molecule has 0 aromatic heterocycles. The summed E-state index contributed by atoms with van der Waals surface area (Å²) in [6.45, 7) is 0.591. The maximum absolute atomic E-state index is 13.9. The molecule has 1 fully saturated rings. The third-order valence-electron chi connectivity index (χ3n) is 7.11. The third-order valence-corrected chi connectivity index (χ3v) is 7.11. The molecule has 2 unspecified atom stereocenters. The van der Waals surface area contributed by atoms with Crippen molar-refractivity contribution in [3.8, 4) is 5.75 Å². The second-order valence-corrected chi connectivity index (χ2v) is 9.53. The normalized spacial score (nSPS) is 18.4. The zero-order valence-corrected chi connectivity index (χ0v) is 20.2. The van der Waals surface area contributed by atoms with E-state index in [9.17, 15) is 14.7 Å². The van der Waals surface area contributed by atoms with Crippen molar-refractivity contribution in [2.45, 2.75) is 63.5 Å². The van der Waals surface area contributed by atoms with Crippen molar-refractivity contribution in [1.29, 1.82) is 0 Å². The Hall–Kier alpha value is -3.64. The molecule has 3 aromatic carbocycles. The van der Waals surface area contributed by atoms with Crippen LogP contribution < -0.4 is 4.74 Å². The highest BCUT2D eigenvalue weighted by molar-refractivity contribution is 5.88. The summed E-state index contributed by atoms with van der Waals surface area (Å²) in [5.41, 5.74) is 3.54. The minimum Gasteiger partial charge on any atom is -0.489 e. The number of ether oxygens (including phenoxy) is 2. The average molecular weight is 486 g/mol. The first-order valence-electron chi connectivity index (χ1n) is 12.6. The van der Waals surface area contributed by atoms with Gasteiger partial charge in [-0.2, -0.15) is 0 Å². The van der Waals surface area contributed by atoms with Crippen molar-refractivity contribution in [2.75, 3.05) is 0 Å². The maximum Gasteiger partial charge on any atom is 0.326 e. The molecule has 2 aliphatic rings. The Bertz CT molecular complexity index is 1190. The number of fused-ring (bicyclic) bond motifs is 1. The van der Waals surface area contributed by atoms with Crippen LogP contribution in [0.5, 0.6) is 5.75 Å². The summed E-state index contributed by atoms with van der Waals surface area (Å²) in [5, 5.41) is 10.1. The summed E-state index contributed by atoms with van der Waals surface area (Å²) in [7, 11) is 0. The molecule has 3 aromatic rings. The molecule has 1 amide bonds. The van der Waals surface area contributed by atoms with Gasteiger partial charge >= 0.3 is 5.97 Å². The highest BCUT2D eigenvalue weighted by atomic mass is 16.5. The number of carboxylic acid groups (broad SMARTS) is 1. The number of aliphatic carboxylic acids is 1. The van der Waals surface area contributed by atoms with E-state index in [4.69, 9.17) is 9.47 Å². The molecule has 2 atom stereocenters. The van der Waals surface area contributed by atoms with Crippen LogP contribution in [0.15, 0.2) is 78.9 Å². The van der Waals surface area contributed by atoms with Crippen molar-refractivity contribution < 1.29 is 24.2 Å². The zero-order valence-electron chi connectivity index (χ0n) is 20.2. The Morgan fingerprint density at radius 3 is 2.31 bits per heavy atom. The number of hydrogen-bond donors (Lipinski definition) is 1. The van der Waals surface area contributed by atoms with Gasteiger partial charge < -0.3 is 19.5 Å². The fourth-order valence-corrected chi connectivity index (χ4v) is 5.19. The van der Waals surface area contributed by atoms with Crippen molar-refractivity contribution >= 4 is 11.9 Å². The average Bonchev–Trinajstić information content (AvgIpc) is 3.44. The molecule has 0 bridgehead atoms. The predicted molar refractivity (Wildman–Crippen MR) is 135 cm³/mol. The second kappa shape index (κ2) is 11.0. The summed E-state index contributed by atoms with van der Waals surface area (Å²) >= 11 is 0. The monoisotopic (exact) mass is 485 g/mol. The van der Waals surface area contributed by atoms with Gasteiger partial charge in [0, 0.05) is 18.5 Å². The zero-order chi connectivity index (χ0) is 24.9.